The van der Waals surface area contributed by atoms with Crippen LogP contribution < -0.4 is 5.32 Å². The van der Waals surface area contributed by atoms with Crippen LogP contribution in [0.1, 0.15) is 26.2 Å². The number of hydrogen-bond donors (Lipinski definition) is 2. The number of hydrogen-bond acceptors (Lipinski definition) is 4. The highest BCUT2D eigenvalue weighted by molar-refractivity contribution is 4.84. The lowest BCUT2D eigenvalue weighted by Crippen LogP contribution is -2.49. The van der Waals surface area contributed by atoms with Crippen molar-refractivity contribution in [2.24, 2.45) is 0 Å². The van der Waals surface area contributed by atoms with Gasteiger partial charge in [0.15, 0.2) is 0 Å². The Morgan fingerprint density at radius 1 is 1.53 bits per heavy atom. The van der Waals surface area contributed by atoms with Gasteiger partial charge in [0.2, 0.25) is 0 Å². The maximum Gasteiger partial charge on any atom is 0.0610 e. The summed E-state index contributed by atoms with van der Waals surface area (Å²) >= 11 is 0. The molecule has 0 bridgehead atoms. The third-order valence-electron chi connectivity index (χ3n) is 4.19. The molecule has 1 aliphatic rings. The van der Waals surface area contributed by atoms with Crippen molar-refractivity contribution in [3.05, 3.63) is 0 Å². The van der Waals surface area contributed by atoms with Crippen LogP contribution >= 0.6 is 0 Å². The van der Waals surface area contributed by atoms with Crippen LogP contribution in [0.3, 0.4) is 0 Å². The number of piperidine rings is 1. The molecule has 102 valence electrons. The number of aliphatic hydroxyl groups excluding tert-OH is 1. The van der Waals surface area contributed by atoms with E-state index in [0.717, 1.165) is 13.0 Å². The van der Waals surface area contributed by atoms with Crippen LogP contribution in [0.5, 0.6) is 0 Å². The molecular weight excluding hydrogens is 214 g/mol. The van der Waals surface area contributed by atoms with Gasteiger partial charge in [-0.1, -0.05) is 0 Å². The first-order valence-corrected chi connectivity index (χ1v) is 6.69. The molecule has 1 fully saturated rings. The quantitative estimate of drug-likeness (QED) is 0.707. The lowest BCUT2D eigenvalue weighted by atomic mass is 9.98. The smallest absolute Gasteiger partial charge is 0.0610 e. The standard InChI is InChI=1S/C13H29N3O/c1-13(11-17,14-2)7-9-16(4)12-6-5-8-15(3)10-12/h12,14,17H,5-11H2,1-4H3. The summed E-state index contributed by atoms with van der Waals surface area (Å²) in [5.41, 5.74) is -0.144. The van der Waals surface area contributed by atoms with Crippen LogP contribution in [0.15, 0.2) is 0 Å². The Hall–Kier alpha value is -0.160. The lowest BCUT2D eigenvalue weighted by molar-refractivity contribution is 0.110. The van der Waals surface area contributed by atoms with E-state index >= 15 is 0 Å². The highest BCUT2D eigenvalue weighted by Crippen LogP contribution is 2.16. The van der Waals surface area contributed by atoms with Crippen LogP contribution in [0.2, 0.25) is 0 Å². The Morgan fingerprint density at radius 3 is 2.76 bits per heavy atom. The van der Waals surface area contributed by atoms with Gasteiger partial charge in [-0.2, -0.15) is 0 Å². The second kappa shape index (κ2) is 6.69. The normalized spacial score (nSPS) is 26.1. The van der Waals surface area contributed by atoms with Crippen molar-refractivity contribution in [3.63, 3.8) is 0 Å². The zero-order chi connectivity index (χ0) is 12.9. The fourth-order valence-corrected chi connectivity index (χ4v) is 2.39. The zero-order valence-corrected chi connectivity index (χ0v) is 11.9. The summed E-state index contributed by atoms with van der Waals surface area (Å²) in [6.45, 7) is 5.72. The summed E-state index contributed by atoms with van der Waals surface area (Å²) in [6.07, 6.45) is 3.59. The third-order valence-corrected chi connectivity index (χ3v) is 4.19. The highest BCUT2D eigenvalue weighted by Gasteiger charge is 2.25. The summed E-state index contributed by atoms with van der Waals surface area (Å²) in [6, 6.07) is 0.675. The molecule has 1 heterocycles. The molecule has 1 saturated heterocycles. The molecule has 0 aromatic heterocycles. The van der Waals surface area contributed by atoms with Gasteiger partial charge in [-0.15, -0.1) is 0 Å². The van der Waals surface area contributed by atoms with Crippen molar-refractivity contribution < 1.29 is 5.11 Å². The minimum Gasteiger partial charge on any atom is -0.394 e. The molecule has 0 amide bonds. The van der Waals surface area contributed by atoms with Crippen molar-refractivity contribution in [3.8, 4) is 0 Å². The molecule has 0 aliphatic carbocycles. The third kappa shape index (κ3) is 4.54. The number of rotatable bonds is 6. The maximum atomic E-state index is 9.36. The van der Waals surface area contributed by atoms with Gasteiger partial charge >= 0.3 is 0 Å². The first-order valence-electron chi connectivity index (χ1n) is 6.69. The lowest BCUT2D eigenvalue weighted by Gasteiger charge is -2.37. The Balaban J connectivity index is 2.35. The summed E-state index contributed by atoms with van der Waals surface area (Å²) in [5.74, 6) is 0. The Labute approximate surface area is 106 Å². The molecule has 0 saturated carbocycles. The summed E-state index contributed by atoms with van der Waals surface area (Å²) < 4.78 is 0. The number of nitrogens with zero attached hydrogens (tertiary/aromatic N) is 2. The second-order valence-corrected chi connectivity index (χ2v) is 5.76. The molecule has 0 spiro atoms. The van der Waals surface area contributed by atoms with Crippen LogP contribution in [-0.2, 0) is 0 Å². The van der Waals surface area contributed by atoms with Crippen LogP contribution in [0.25, 0.3) is 0 Å². The average molecular weight is 243 g/mol. The van der Waals surface area contributed by atoms with Crippen molar-refractivity contribution in [1.82, 2.24) is 15.1 Å². The summed E-state index contributed by atoms with van der Waals surface area (Å²) in [5, 5.41) is 12.6. The van der Waals surface area contributed by atoms with E-state index < -0.39 is 0 Å². The minimum atomic E-state index is -0.144. The van der Waals surface area contributed by atoms with Gasteiger partial charge in [0.05, 0.1) is 6.61 Å². The fourth-order valence-electron chi connectivity index (χ4n) is 2.39. The second-order valence-electron chi connectivity index (χ2n) is 5.76. The van der Waals surface area contributed by atoms with Crippen LogP contribution in [-0.4, -0.2) is 73.9 Å². The van der Waals surface area contributed by atoms with Crippen molar-refractivity contribution in [2.45, 2.75) is 37.8 Å². The van der Waals surface area contributed by atoms with Gasteiger partial charge in [-0.05, 0) is 53.9 Å². The van der Waals surface area contributed by atoms with E-state index in [2.05, 4.69) is 36.1 Å². The van der Waals surface area contributed by atoms with Gasteiger partial charge in [-0.25, -0.2) is 0 Å². The van der Waals surface area contributed by atoms with Gasteiger partial charge < -0.3 is 20.2 Å². The Kier molecular flexibility index (Phi) is 5.86. The molecular formula is C13H29N3O. The van der Waals surface area contributed by atoms with Crippen molar-refractivity contribution in [2.75, 3.05) is 47.4 Å². The first-order chi connectivity index (χ1) is 8.00. The molecule has 0 aromatic rings. The van der Waals surface area contributed by atoms with Gasteiger partial charge in [0.1, 0.15) is 0 Å². The van der Waals surface area contributed by atoms with Crippen LogP contribution in [0, 0.1) is 0 Å². The summed E-state index contributed by atoms with van der Waals surface area (Å²) in [7, 11) is 6.33. The van der Waals surface area contributed by atoms with E-state index in [0.29, 0.717) is 6.04 Å². The number of aliphatic hydroxyl groups is 1. The molecule has 2 N–H and O–H groups in total. The van der Waals surface area contributed by atoms with E-state index in [-0.39, 0.29) is 12.1 Å². The Bertz CT molecular complexity index is 219. The topological polar surface area (TPSA) is 38.7 Å². The van der Waals surface area contributed by atoms with Crippen molar-refractivity contribution in [1.29, 1.82) is 0 Å². The zero-order valence-electron chi connectivity index (χ0n) is 11.9. The van der Waals surface area contributed by atoms with Crippen LogP contribution in [0.4, 0.5) is 0 Å². The molecule has 1 aliphatic heterocycles. The minimum absolute atomic E-state index is 0.144. The Morgan fingerprint density at radius 2 is 2.24 bits per heavy atom. The molecule has 17 heavy (non-hydrogen) atoms. The van der Waals surface area contributed by atoms with E-state index in [1.807, 2.05) is 7.05 Å². The van der Waals surface area contributed by atoms with Crippen molar-refractivity contribution >= 4 is 0 Å². The first kappa shape index (κ1) is 14.9. The van der Waals surface area contributed by atoms with E-state index in [4.69, 9.17) is 0 Å². The molecule has 0 radical (unpaired) electrons. The van der Waals surface area contributed by atoms with E-state index in [1.165, 1.54) is 25.9 Å². The molecule has 2 unspecified atom stereocenters. The largest absolute Gasteiger partial charge is 0.394 e. The molecule has 4 nitrogen and oxygen atoms in total. The average Bonchev–Trinajstić information content (AvgIpc) is 2.35. The SMILES string of the molecule is CNC(C)(CO)CCN(C)C1CCCN(C)C1. The number of nitrogens with one attached hydrogen (secondary N) is 1. The fraction of sp³-hybridized carbons (Fsp3) is 1.00. The number of likely N-dealkylation sites (N-methyl/N-ethyl adjacent to an activating group) is 3. The maximum absolute atomic E-state index is 9.36. The predicted octanol–water partition coefficient (Wildman–Crippen LogP) is 0.373. The molecule has 2 atom stereocenters. The molecule has 0 aromatic carbocycles. The number of likely N-dealkylation sites (tertiary alicyclic amines) is 1. The van der Waals surface area contributed by atoms with Gasteiger partial charge in [0.25, 0.3) is 0 Å². The van der Waals surface area contributed by atoms with E-state index in [1.54, 1.807) is 0 Å². The molecule has 1 rings (SSSR count). The molecule has 4 heteroatoms. The predicted molar refractivity (Wildman–Crippen MR) is 72.3 cm³/mol. The van der Waals surface area contributed by atoms with Gasteiger partial charge in [0, 0.05) is 24.7 Å². The highest BCUT2D eigenvalue weighted by atomic mass is 16.3. The van der Waals surface area contributed by atoms with E-state index in [9.17, 15) is 5.11 Å². The monoisotopic (exact) mass is 243 g/mol. The van der Waals surface area contributed by atoms with Gasteiger partial charge in [-0.3, -0.25) is 0 Å². The summed E-state index contributed by atoms with van der Waals surface area (Å²) in [4.78, 5) is 4.86.